The minimum absolute atomic E-state index is 0.168. The molecule has 7 nitrogen and oxygen atoms in total. The second kappa shape index (κ2) is 6.90. The van der Waals surface area contributed by atoms with Gasteiger partial charge in [-0.1, -0.05) is 36.4 Å². The van der Waals surface area contributed by atoms with Gasteiger partial charge in [0.1, 0.15) is 16.5 Å². The SMILES string of the molecule is O=C(c1ccccn1)N1C[C@@H]2C[C@@H]3[C@@](C1)(CN(CCc1ccccc1)S3(=O)=O)O2. The van der Waals surface area contributed by atoms with Gasteiger partial charge in [-0.3, -0.25) is 9.78 Å². The fraction of sp³-hybridized carbons (Fsp3) is 0.429. The molecule has 152 valence electrons. The first-order valence-corrected chi connectivity index (χ1v) is 11.4. The van der Waals surface area contributed by atoms with E-state index in [4.69, 9.17) is 4.74 Å². The van der Waals surface area contributed by atoms with Gasteiger partial charge in [-0.25, -0.2) is 8.42 Å². The number of ether oxygens (including phenoxy) is 1. The molecular formula is C21H23N3O4S. The molecule has 2 bridgehead atoms. The number of hydrogen-bond donors (Lipinski definition) is 0. The van der Waals surface area contributed by atoms with Crippen molar-refractivity contribution in [3.05, 3.63) is 66.0 Å². The van der Waals surface area contributed by atoms with Crippen molar-refractivity contribution in [2.24, 2.45) is 0 Å². The van der Waals surface area contributed by atoms with Crippen molar-refractivity contribution < 1.29 is 17.9 Å². The fourth-order valence-electron chi connectivity index (χ4n) is 4.86. The van der Waals surface area contributed by atoms with Crippen LogP contribution in [0.5, 0.6) is 0 Å². The van der Waals surface area contributed by atoms with E-state index in [2.05, 4.69) is 4.98 Å². The molecular weight excluding hydrogens is 390 g/mol. The van der Waals surface area contributed by atoms with Gasteiger partial charge in [0.05, 0.1) is 12.6 Å². The minimum Gasteiger partial charge on any atom is -0.365 e. The second-order valence-corrected chi connectivity index (χ2v) is 10.2. The fourth-order valence-corrected chi connectivity index (χ4v) is 7.16. The first kappa shape index (κ1) is 18.7. The van der Waals surface area contributed by atoms with Crippen LogP contribution in [0, 0.1) is 0 Å². The van der Waals surface area contributed by atoms with Crippen LogP contribution in [0.1, 0.15) is 22.5 Å². The molecule has 29 heavy (non-hydrogen) atoms. The van der Waals surface area contributed by atoms with Crippen molar-refractivity contribution in [3.8, 4) is 0 Å². The molecule has 4 heterocycles. The molecule has 3 aliphatic rings. The Hall–Kier alpha value is -2.29. The molecule has 0 aliphatic carbocycles. The number of pyridine rings is 1. The second-order valence-electron chi connectivity index (χ2n) is 8.04. The lowest BCUT2D eigenvalue weighted by molar-refractivity contribution is -0.0977. The smallest absolute Gasteiger partial charge is 0.272 e. The van der Waals surface area contributed by atoms with Crippen LogP contribution in [0.3, 0.4) is 0 Å². The summed E-state index contributed by atoms with van der Waals surface area (Å²) in [4.78, 5) is 18.8. The minimum atomic E-state index is -3.46. The average molecular weight is 413 g/mol. The van der Waals surface area contributed by atoms with Crippen LogP contribution >= 0.6 is 0 Å². The van der Waals surface area contributed by atoms with E-state index in [-0.39, 0.29) is 18.6 Å². The molecule has 0 radical (unpaired) electrons. The lowest BCUT2D eigenvalue weighted by Gasteiger charge is -2.39. The number of nitrogens with zero attached hydrogens (tertiary/aromatic N) is 3. The molecule has 3 saturated heterocycles. The van der Waals surface area contributed by atoms with Crippen LogP contribution in [0.25, 0.3) is 0 Å². The molecule has 1 aromatic carbocycles. The number of amides is 1. The monoisotopic (exact) mass is 413 g/mol. The highest BCUT2D eigenvalue weighted by atomic mass is 32.2. The Kier molecular flexibility index (Phi) is 4.45. The maximum absolute atomic E-state index is 13.2. The highest BCUT2D eigenvalue weighted by molar-refractivity contribution is 7.90. The third-order valence-electron chi connectivity index (χ3n) is 6.18. The molecule has 0 N–H and O–H groups in total. The number of rotatable bonds is 4. The number of sulfonamides is 1. The number of morpholine rings is 1. The van der Waals surface area contributed by atoms with E-state index in [0.29, 0.717) is 38.2 Å². The summed E-state index contributed by atoms with van der Waals surface area (Å²) in [6.45, 7) is 1.42. The summed E-state index contributed by atoms with van der Waals surface area (Å²) in [6.07, 6.45) is 2.45. The summed E-state index contributed by atoms with van der Waals surface area (Å²) in [5.41, 5.74) is 0.637. The Labute approximate surface area is 170 Å². The van der Waals surface area contributed by atoms with E-state index in [1.54, 1.807) is 33.6 Å². The summed E-state index contributed by atoms with van der Waals surface area (Å²) < 4.78 is 34.2. The maximum atomic E-state index is 13.2. The normalized spacial score (nSPS) is 30.3. The van der Waals surface area contributed by atoms with E-state index in [9.17, 15) is 13.2 Å². The van der Waals surface area contributed by atoms with Crippen molar-refractivity contribution in [3.63, 3.8) is 0 Å². The summed E-state index contributed by atoms with van der Waals surface area (Å²) in [5, 5.41) is -0.586. The lowest BCUT2D eigenvalue weighted by Crippen LogP contribution is -2.56. The van der Waals surface area contributed by atoms with Crippen LogP contribution in [-0.2, 0) is 21.2 Å². The predicted octanol–water partition coefficient (Wildman–Crippen LogP) is 1.32. The number of likely N-dealkylation sites (tertiary alicyclic amines) is 1. The number of carbonyl (C=O) groups excluding carboxylic acids is 1. The van der Waals surface area contributed by atoms with E-state index in [1.165, 1.54) is 0 Å². The number of hydrogen-bond acceptors (Lipinski definition) is 5. The van der Waals surface area contributed by atoms with Crippen LogP contribution < -0.4 is 0 Å². The zero-order valence-electron chi connectivity index (χ0n) is 16.0. The molecule has 5 rings (SSSR count). The number of benzene rings is 1. The average Bonchev–Trinajstić information content (AvgIpc) is 3.12. The van der Waals surface area contributed by atoms with Crippen molar-refractivity contribution in [1.82, 2.24) is 14.2 Å². The molecule has 1 aromatic heterocycles. The third kappa shape index (κ3) is 3.15. The molecule has 1 amide bonds. The number of carbonyl (C=O) groups is 1. The summed E-state index contributed by atoms with van der Waals surface area (Å²) >= 11 is 0. The van der Waals surface area contributed by atoms with Gasteiger partial charge < -0.3 is 9.64 Å². The predicted molar refractivity (Wildman–Crippen MR) is 107 cm³/mol. The van der Waals surface area contributed by atoms with Crippen molar-refractivity contribution >= 4 is 15.9 Å². The molecule has 8 heteroatoms. The standard InChI is InChI=1S/C21H23N3O4S/c25-20(18-8-4-5-10-22-18)23-13-17-12-19-21(14-23,28-17)15-24(29(19,26)27)11-9-16-6-2-1-3-7-16/h1-8,10,17,19H,9,11-15H2/t17-,19+,21+/m0/s1. The summed E-state index contributed by atoms with van der Waals surface area (Å²) in [7, 11) is -3.46. The molecule has 3 atom stereocenters. The summed E-state index contributed by atoms with van der Waals surface area (Å²) in [6, 6.07) is 15.1. The molecule has 3 fully saturated rings. The van der Waals surface area contributed by atoms with Gasteiger partial charge in [0.15, 0.2) is 0 Å². The first-order valence-electron chi connectivity index (χ1n) is 9.89. The number of aromatic nitrogens is 1. The topological polar surface area (TPSA) is 79.8 Å². The maximum Gasteiger partial charge on any atom is 0.272 e. The van der Waals surface area contributed by atoms with Crippen molar-refractivity contribution in [1.29, 1.82) is 0 Å². The highest BCUT2D eigenvalue weighted by Crippen LogP contribution is 2.46. The van der Waals surface area contributed by atoms with Crippen LogP contribution in [0.15, 0.2) is 54.7 Å². The highest BCUT2D eigenvalue weighted by Gasteiger charge is 2.65. The largest absolute Gasteiger partial charge is 0.365 e. The van der Waals surface area contributed by atoms with Gasteiger partial charge >= 0.3 is 0 Å². The molecule has 2 aromatic rings. The van der Waals surface area contributed by atoms with Gasteiger partial charge in [-0.05, 0) is 30.5 Å². The quantitative estimate of drug-likeness (QED) is 0.755. The zero-order chi connectivity index (χ0) is 20.1. The van der Waals surface area contributed by atoms with Gasteiger partial charge in [0, 0.05) is 25.8 Å². The van der Waals surface area contributed by atoms with Gasteiger partial charge in [-0.15, -0.1) is 0 Å². The van der Waals surface area contributed by atoms with Crippen molar-refractivity contribution in [2.75, 3.05) is 26.2 Å². The van der Waals surface area contributed by atoms with Gasteiger partial charge in [-0.2, -0.15) is 4.31 Å². The number of fused-ring (bicyclic) bond motifs is 1. The Bertz CT molecular complexity index is 1010. The Morgan fingerprint density at radius 1 is 1.14 bits per heavy atom. The molecule has 1 spiro atoms. The Morgan fingerprint density at radius 3 is 2.69 bits per heavy atom. The van der Waals surface area contributed by atoms with E-state index >= 15 is 0 Å². The van der Waals surface area contributed by atoms with Crippen LogP contribution in [-0.4, -0.2) is 71.6 Å². The Balaban J connectivity index is 1.36. The molecule has 0 unspecified atom stereocenters. The lowest BCUT2D eigenvalue weighted by atomic mass is 9.99. The van der Waals surface area contributed by atoms with Gasteiger partial charge in [0.25, 0.3) is 5.91 Å². The van der Waals surface area contributed by atoms with Gasteiger partial charge in [0.2, 0.25) is 10.0 Å². The van der Waals surface area contributed by atoms with Crippen molar-refractivity contribution in [2.45, 2.75) is 29.8 Å². The summed E-state index contributed by atoms with van der Waals surface area (Å²) in [5.74, 6) is -0.168. The van der Waals surface area contributed by atoms with E-state index in [0.717, 1.165) is 5.56 Å². The zero-order valence-corrected chi connectivity index (χ0v) is 16.8. The van der Waals surface area contributed by atoms with Crippen LogP contribution in [0.4, 0.5) is 0 Å². The van der Waals surface area contributed by atoms with E-state index < -0.39 is 20.9 Å². The molecule has 3 aliphatic heterocycles. The first-order chi connectivity index (χ1) is 14.0. The molecule has 0 saturated carbocycles. The van der Waals surface area contributed by atoms with Crippen LogP contribution in [0.2, 0.25) is 0 Å². The Morgan fingerprint density at radius 2 is 1.93 bits per heavy atom. The van der Waals surface area contributed by atoms with E-state index in [1.807, 2.05) is 30.3 Å². The third-order valence-corrected chi connectivity index (χ3v) is 8.55.